The lowest BCUT2D eigenvalue weighted by molar-refractivity contribution is -0.123. The third-order valence-corrected chi connectivity index (χ3v) is 6.73. The largest absolute Gasteiger partial charge is 0.300 e. The molecule has 4 rings (SSSR count). The SMILES string of the molecule is CC(=O)[C@@H]1CC[C@@H]2[C@H]3CCC4=CC(=O)CCC4=C3C=C[C@@]21C. The van der Waals surface area contributed by atoms with Crippen LogP contribution in [-0.2, 0) is 9.59 Å². The minimum absolute atomic E-state index is 0.0479. The van der Waals surface area contributed by atoms with Crippen molar-refractivity contribution < 1.29 is 9.59 Å². The van der Waals surface area contributed by atoms with Gasteiger partial charge in [0.05, 0.1) is 0 Å². The van der Waals surface area contributed by atoms with E-state index in [9.17, 15) is 9.59 Å². The van der Waals surface area contributed by atoms with Crippen molar-refractivity contribution in [2.24, 2.45) is 23.2 Å². The quantitative estimate of drug-likeness (QED) is 0.727. The molecule has 0 aromatic heterocycles. The van der Waals surface area contributed by atoms with Gasteiger partial charge in [0.2, 0.25) is 0 Å². The summed E-state index contributed by atoms with van der Waals surface area (Å²) >= 11 is 0. The molecule has 1 fully saturated rings. The van der Waals surface area contributed by atoms with Crippen LogP contribution in [0.25, 0.3) is 0 Å². The van der Waals surface area contributed by atoms with E-state index in [1.54, 1.807) is 6.92 Å². The van der Waals surface area contributed by atoms with Crippen LogP contribution in [0, 0.1) is 23.2 Å². The molecule has 0 radical (unpaired) electrons. The highest BCUT2D eigenvalue weighted by molar-refractivity contribution is 5.93. The van der Waals surface area contributed by atoms with Crippen LogP contribution in [0.5, 0.6) is 0 Å². The lowest BCUT2D eigenvalue weighted by Crippen LogP contribution is -2.38. The molecule has 2 heteroatoms. The van der Waals surface area contributed by atoms with Crippen LogP contribution < -0.4 is 0 Å². The highest BCUT2D eigenvalue weighted by Gasteiger charge is 2.52. The lowest BCUT2D eigenvalue weighted by Gasteiger charge is -2.45. The fraction of sp³-hybridized carbons (Fsp3) is 0.600. The van der Waals surface area contributed by atoms with Crippen molar-refractivity contribution in [3.63, 3.8) is 0 Å². The molecule has 22 heavy (non-hydrogen) atoms. The number of fused-ring (bicyclic) bond motifs is 4. The zero-order valence-electron chi connectivity index (χ0n) is 13.5. The Balaban J connectivity index is 1.79. The van der Waals surface area contributed by atoms with Gasteiger partial charge in [-0.25, -0.2) is 0 Å². The number of Topliss-reactive ketones (excluding diaryl/α,β-unsaturated/α-hetero) is 1. The van der Waals surface area contributed by atoms with Crippen LogP contribution >= 0.6 is 0 Å². The summed E-state index contributed by atoms with van der Waals surface area (Å²) in [4.78, 5) is 23.7. The maximum Gasteiger partial charge on any atom is 0.156 e. The molecule has 4 aliphatic rings. The van der Waals surface area contributed by atoms with Gasteiger partial charge >= 0.3 is 0 Å². The second-order valence-corrected chi connectivity index (χ2v) is 7.76. The molecule has 4 atom stereocenters. The summed E-state index contributed by atoms with van der Waals surface area (Å²) in [5, 5.41) is 0. The van der Waals surface area contributed by atoms with Gasteiger partial charge in [-0.15, -0.1) is 0 Å². The predicted molar refractivity (Wildman–Crippen MR) is 86.2 cm³/mol. The van der Waals surface area contributed by atoms with Gasteiger partial charge in [-0.1, -0.05) is 19.1 Å². The molecule has 0 amide bonds. The molecule has 0 N–H and O–H groups in total. The van der Waals surface area contributed by atoms with Gasteiger partial charge in [0.1, 0.15) is 5.78 Å². The average molecular weight is 296 g/mol. The van der Waals surface area contributed by atoms with Gasteiger partial charge in [0, 0.05) is 12.3 Å². The first kappa shape index (κ1) is 14.2. The molecule has 0 heterocycles. The molecular formula is C20H24O2. The van der Waals surface area contributed by atoms with Gasteiger partial charge < -0.3 is 0 Å². The Hall–Kier alpha value is -1.44. The Bertz CT molecular complexity index is 649. The van der Waals surface area contributed by atoms with Crippen molar-refractivity contribution in [3.8, 4) is 0 Å². The molecule has 116 valence electrons. The molecule has 0 aromatic rings. The van der Waals surface area contributed by atoms with E-state index in [1.165, 1.54) is 23.1 Å². The van der Waals surface area contributed by atoms with Gasteiger partial charge in [-0.05, 0) is 79.1 Å². The zero-order valence-corrected chi connectivity index (χ0v) is 13.5. The van der Waals surface area contributed by atoms with Crippen molar-refractivity contribution in [2.75, 3.05) is 0 Å². The molecule has 1 saturated carbocycles. The fourth-order valence-electron chi connectivity index (χ4n) is 5.66. The molecule has 0 spiro atoms. The van der Waals surface area contributed by atoms with E-state index in [4.69, 9.17) is 0 Å². The summed E-state index contributed by atoms with van der Waals surface area (Å²) in [5.74, 6) is 2.04. The number of hydrogen-bond acceptors (Lipinski definition) is 2. The van der Waals surface area contributed by atoms with Crippen LogP contribution in [0.2, 0.25) is 0 Å². The van der Waals surface area contributed by atoms with E-state index in [-0.39, 0.29) is 11.3 Å². The number of hydrogen-bond donors (Lipinski definition) is 0. The van der Waals surface area contributed by atoms with E-state index in [0.29, 0.717) is 29.8 Å². The van der Waals surface area contributed by atoms with Crippen molar-refractivity contribution in [1.82, 2.24) is 0 Å². The molecule has 0 saturated heterocycles. The summed E-state index contributed by atoms with van der Waals surface area (Å²) < 4.78 is 0. The third-order valence-electron chi connectivity index (χ3n) is 6.73. The number of allylic oxidation sites excluding steroid dienone is 6. The molecule has 0 bridgehead atoms. The highest BCUT2D eigenvalue weighted by atomic mass is 16.1. The number of ketones is 2. The van der Waals surface area contributed by atoms with Crippen molar-refractivity contribution in [2.45, 2.75) is 52.4 Å². The van der Waals surface area contributed by atoms with Crippen molar-refractivity contribution in [1.29, 1.82) is 0 Å². The minimum atomic E-state index is 0.0479. The van der Waals surface area contributed by atoms with Crippen LogP contribution in [0.15, 0.2) is 34.9 Å². The Morgan fingerprint density at radius 3 is 2.77 bits per heavy atom. The number of carbonyl (C=O) groups excluding carboxylic acids is 2. The second-order valence-electron chi connectivity index (χ2n) is 7.76. The highest BCUT2D eigenvalue weighted by Crippen LogP contribution is 2.59. The first-order valence-corrected chi connectivity index (χ1v) is 8.67. The van der Waals surface area contributed by atoms with E-state index in [0.717, 1.165) is 25.7 Å². The maximum atomic E-state index is 12.0. The van der Waals surface area contributed by atoms with E-state index in [1.807, 2.05) is 6.08 Å². The van der Waals surface area contributed by atoms with Crippen LogP contribution in [0.4, 0.5) is 0 Å². The van der Waals surface area contributed by atoms with E-state index >= 15 is 0 Å². The van der Waals surface area contributed by atoms with Gasteiger partial charge in [0.15, 0.2) is 5.78 Å². The molecule has 0 unspecified atom stereocenters. The Labute approximate surface area is 132 Å². The molecular weight excluding hydrogens is 272 g/mol. The third kappa shape index (κ3) is 1.85. The van der Waals surface area contributed by atoms with Gasteiger partial charge in [-0.2, -0.15) is 0 Å². The fourth-order valence-corrected chi connectivity index (χ4v) is 5.66. The normalized spacial score (nSPS) is 40.0. The van der Waals surface area contributed by atoms with Crippen LogP contribution in [0.3, 0.4) is 0 Å². The topological polar surface area (TPSA) is 34.1 Å². The van der Waals surface area contributed by atoms with Crippen molar-refractivity contribution in [3.05, 3.63) is 34.9 Å². The predicted octanol–water partition coefficient (Wildman–Crippen LogP) is 4.17. The van der Waals surface area contributed by atoms with Crippen LogP contribution in [0.1, 0.15) is 52.4 Å². The van der Waals surface area contributed by atoms with Crippen molar-refractivity contribution >= 4 is 11.6 Å². The summed E-state index contributed by atoms with van der Waals surface area (Å²) in [5.41, 5.74) is 4.26. The first-order chi connectivity index (χ1) is 10.5. The summed E-state index contributed by atoms with van der Waals surface area (Å²) in [7, 11) is 0. The standard InChI is InChI=1S/C20H24O2/c1-12(21)18-7-8-19-17-5-3-13-11-14(22)4-6-15(13)16(17)9-10-20(18,19)2/h9-11,17-19H,3-8H2,1-2H3/t17-,18-,19+,20+/m0/s1. The van der Waals surface area contributed by atoms with E-state index in [2.05, 4.69) is 19.1 Å². The summed E-state index contributed by atoms with van der Waals surface area (Å²) in [6.07, 6.45) is 12.5. The Kier molecular flexibility index (Phi) is 3.08. The Morgan fingerprint density at radius 2 is 2.00 bits per heavy atom. The van der Waals surface area contributed by atoms with E-state index < -0.39 is 0 Å². The molecule has 4 aliphatic carbocycles. The molecule has 0 aliphatic heterocycles. The smallest absolute Gasteiger partial charge is 0.156 e. The van der Waals surface area contributed by atoms with Gasteiger partial charge in [0.25, 0.3) is 0 Å². The number of rotatable bonds is 1. The monoisotopic (exact) mass is 296 g/mol. The van der Waals surface area contributed by atoms with Gasteiger partial charge in [-0.3, -0.25) is 9.59 Å². The maximum absolute atomic E-state index is 12.0. The summed E-state index contributed by atoms with van der Waals surface area (Å²) in [6, 6.07) is 0. The summed E-state index contributed by atoms with van der Waals surface area (Å²) in [6.45, 7) is 4.05. The minimum Gasteiger partial charge on any atom is -0.300 e. The second kappa shape index (κ2) is 4.78. The number of carbonyl (C=O) groups is 2. The first-order valence-electron chi connectivity index (χ1n) is 8.67. The van der Waals surface area contributed by atoms with Crippen LogP contribution in [-0.4, -0.2) is 11.6 Å². The molecule has 0 aromatic carbocycles. The lowest BCUT2D eigenvalue weighted by atomic mass is 9.59. The average Bonchev–Trinajstić information content (AvgIpc) is 2.84. The zero-order chi connectivity index (χ0) is 15.5. The Morgan fingerprint density at radius 1 is 1.18 bits per heavy atom. The molecule has 2 nitrogen and oxygen atoms in total.